The van der Waals surface area contributed by atoms with Crippen molar-refractivity contribution in [1.29, 1.82) is 0 Å². The number of halogens is 3. The van der Waals surface area contributed by atoms with Gasteiger partial charge in [-0.1, -0.05) is 29.8 Å². The zero-order chi connectivity index (χ0) is 12.6. The molecule has 1 N–H and O–H groups in total. The largest absolute Gasteiger partial charge is 0.477 e. The molecule has 0 amide bonds. The van der Waals surface area contributed by atoms with Crippen LogP contribution in [0.3, 0.4) is 0 Å². The van der Waals surface area contributed by atoms with Gasteiger partial charge in [0, 0.05) is 16.2 Å². The first-order valence-corrected chi connectivity index (χ1v) is 5.42. The van der Waals surface area contributed by atoms with Gasteiger partial charge >= 0.3 is 11.9 Å². The van der Waals surface area contributed by atoms with E-state index in [1.54, 1.807) is 12.1 Å². The van der Waals surface area contributed by atoms with E-state index in [0.717, 1.165) is 0 Å². The van der Waals surface area contributed by atoms with E-state index in [-0.39, 0.29) is 10.6 Å². The first kappa shape index (κ1) is 12.0. The van der Waals surface area contributed by atoms with Gasteiger partial charge in [-0.15, -0.1) is 0 Å². The molecule has 0 spiro atoms. The molecule has 2 rings (SSSR count). The molecule has 1 aliphatic carbocycles. The van der Waals surface area contributed by atoms with Gasteiger partial charge < -0.3 is 5.11 Å². The highest BCUT2D eigenvalue weighted by molar-refractivity contribution is 6.32. The summed E-state index contributed by atoms with van der Waals surface area (Å²) in [7, 11) is 0. The summed E-state index contributed by atoms with van der Waals surface area (Å²) in [4.78, 5) is 10.6. The number of fused-ring (bicyclic) bond motifs is 1. The molecule has 0 heterocycles. The second-order valence-electron chi connectivity index (χ2n) is 3.81. The predicted octanol–water partition coefficient (Wildman–Crippen LogP) is 3.39. The lowest BCUT2D eigenvalue weighted by Crippen LogP contribution is -2.31. The second kappa shape index (κ2) is 4.11. The molecule has 2 nitrogen and oxygen atoms in total. The van der Waals surface area contributed by atoms with Crippen molar-refractivity contribution < 1.29 is 18.7 Å². The Kier molecular flexibility index (Phi) is 2.91. The summed E-state index contributed by atoms with van der Waals surface area (Å²) in [5, 5.41) is 8.74. The smallest absolute Gasteiger partial charge is 0.379 e. The van der Waals surface area contributed by atoms with Crippen LogP contribution in [-0.4, -0.2) is 17.0 Å². The number of carboxylic acids is 1. The molecule has 90 valence electrons. The molecule has 0 aromatic heterocycles. The average molecular weight is 259 g/mol. The van der Waals surface area contributed by atoms with E-state index < -0.39 is 17.5 Å². The third kappa shape index (κ3) is 1.93. The Morgan fingerprint density at radius 3 is 2.76 bits per heavy atom. The van der Waals surface area contributed by atoms with Crippen molar-refractivity contribution in [3.05, 3.63) is 40.4 Å². The van der Waals surface area contributed by atoms with Crippen LogP contribution >= 0.6 is 11.6 Å². The summed E-state index contributed by atoms with van der Waals surface area (Å²) >= 11 is 5.88. The Bertz CT molecular complexity index is 509. The highest BCUT2D eigenvalue weighted by Gasteiger charge is 2.45. The zero-order valence-electron chi connectivity index (χ0n) is 8.71. The molecule has 0 fully saturated rings. The Balaban J connectivity index is 2.60. The van der Waals surface area contributed by atoms with Crippen LogP contribution in [0.4, 0.5) is 8.78 Å². The summed E-state index contributed by atoms with van der Waals surface area (Å²) < 4.78 is 27.1. The van der Waals surface area contributed by atoms with Crippen LogP contribution in [0, 0.1) is 0 Å². The standard InChI is InChI=1S/C12H9ClF2O2/c13-9-6-2-4-7-3-1-5-8(10(7)9)12(14,15)11(16)17/h2,4-6H,1,3H2,(H,16,17). The van der Waals surface area contributed by atoms with E-state index in [2.05, 4.69) is 0 Å². The van der Waals surface area contributed by atoms with Crippen LogP contribution in [0.25, 0.3) is 5.57 Å². The summed E-state index contributed by atoms with van der Waals surface area (Å²) in [5.74, 6) is -6.06. The van der Waals surface area contributed by atoms with Crippen molar-refractivity contribution in [2.45, 2.75) is 18.8 Å². The lowest BCUT2D eigenvalue weighted by atomic mass is 9.87. The molecule has 1 aromatic carbocycles. The van der Waals surface area contributed by atoms with Gasteiger partial charge in [0.15, 0.2) is 0 Å². The highest BCUT2D eigenvalue weighted by Crippen LogP contribution is 2.41. The molecule has 5 heteroatoms. The first-order valence-electron chi connectivity index (χ1n) is 5.04. The van der Waals surface area contributed by atoms with E-state index in [4.69, 9.17) is 16.7 Å². The zero-order valence-corrected chi connectivity index (χ0v) is 9.47. The highest BCUT2D eigenvalue weighted by atomic mass is 35.5. The Labute approximate surface area is 102 Å². The number of aryl methyl sites for hydroxylation is 1. The number of allylic oxidation sites excluding steroid dienone is 1. The summed E-state index contributed by atoms with van der Waals surface area (Å²) in [6.07, 6.45) is 2.24. The van der Waals surface area contributed by atoms with Crippen molar-refractivity contribution in [3.63, 3.8) is 0 Å². The maximum Gasteiger partial charge on any atom is 0.379 e. The van der Waals surface area contributed by atoms with Crippen LogP contribution in [0.5, 0.6) is 0 Å². The van der Waals surface area contributed by atoms with Crippen LogP contribution in [0.1, 0.15) is 17.5 Å². The van der Waals surface area contributed by atoms with Gasteiger partial charge in [-0.3, -0.25) is 0 Å². The van der Waals surface area contributed by atoms with Crippen LogP contribution in [0.2, 0.25) is 5.02 Å². The first-order chi connectivity index (χ1) is 7.94. The number of hydrogen-bond acceptors (Lipinski definition) is 1. The monoisotopic (exact) mass is 258 g/mol. The van der Waals surface area contributed by atoms with Crippen LogP contribution in [-0.2, 0) is 11.2 Å². The normalized spacial score (nSPS) is 15.1. The van der Waals surface area contributed by atoms with Gasteiger partial charge in [0.2, 0.25) is 0 Å². The number of aliphatic carboxylic acids is 1. The number of rotatable bonds is 2. The molecular weight excluding hydrogens is 250 g/mol. The van der Waals surface area contributed by atoms with E-state index in [1.807, 2.05) is 0 Å². The molecule has 0 atom stereocenters. The molecule has 1 aromatic rings. The minimum atomic E-state index is -3.90. The van der Waals surface area contributed by atoms with Crippen molar-refractivity contribution in [3.8, 4) is 0 Å². The minimum absolute atomic E-state index is 0.160. The summed E-state index contributed by atoms with van der Waals surface area (Å²) in [6, 6.07) is 4.84. The minimum Gasteiger partial charge on any atom is -0.477 e. The van der Waals surface area contributed by atoms with Gasteiger partial charge in [0.1, 0.15) is 0 Å². The fourth-order valence-electron chi connectivity index (χ4n) is 1.95. The third-order valence-electron chi connectivity index (χ3n) is 2.74. The summed E-state index contributed by atoms with van der Waals surface area (Å²) in [5.41, 5.74) is 0.320. The number of carbonyl (C=O) groups is 1. The number of carboxylic acid groups (broad SMARTS) is 1. The van der Waals surface area contributed by atoms with E-state index in [9.17, 15) is 13.6 Å². The van der Waals surface area contributed by atoms with Gasteiger partial charge in [0.25, 0.3) is 0 Å². The lowest BCUT2D eigenvalue weighted by molar-refractivity contribution is -0.156. The topological polar surface area (TPSA) is 37.3 Å². The van der Waals surface area contributed by atoms with Crippen molar-refractivity contribution in [2.24, 2.45) is 0 Å². The Hall–Kier alpha value is -1.42. The number of alkyl halides is 2. The van der Waals surface area contributed by atoms with Gasteiger partial charge in [-0.2, -0.15) is 8.78 Å². The van der Waals surface area contributed by atoms with Crippen molar-refractivity contribution in [1.82, 2.24) is 0 Å². The molecule has 0 unspecified atom stereocenters. The van der Waals surface area contributed by atoms with Crippen molar-refractivity contribution in [2.75, 3.05) is 0 Å². The van der Waals surface area contributed by atoms with Crippen LogP contribution < -0.4 is 0 Å². The van der Waals surface area contributed by atoms with Crippen molar-refractivity contribution >= 4 is 23.1 Å². The fraction of sp³-hybridized carbons (Fsp3) is 0.250. The molecule has 0 radical (unpaired) electrons. The third-order valence-corrected chi connectivity index (χ3v) is 3.05. The van der Waals surface area contributed by atoms with Gasteiger partial charge in [-0.25, -0.2) is 4.79 Å². The summed E-state index contributed by atoms with van der Waals surface area (Å²) in [6.45, 7) is 0. The molecule has 1 aliphatic rings. The number of hydrogen-bond donors (Lipinski definition) is 1. The van der Waals surface area contributed by atoms with Gasteiger partial charge in [-0.05, 0) is 24.5 Å². The fourth-order valence-corrected chi connectivity index (χ4v) is 2.25. The predicted molar refractivity (Wildman–Crippen MR) is 60.3 cm³/mol. The SMILES string of the molecule is O=C(O)C(F)(F)C1=CCCc2cccc(Cl)c21. The molecular formula is C12H9ClF2O2. The lowest BCUT2D eigenvalue weighted by Gasteiger charge is -2.23. The van der Waals surface area contributed by atoms with E-state index in [0.29, 0.717) is 18.4 Å². The molecule has 0 aliphatic heterocycles. The Morgan fingerprint density at radius 2 is 2.12 bits per heavy atom. The quantitative estimate of drug-likeness (QED) is 0.883. The van der Waals surface area contributed by atoms with E-state index >= 15 is 0 Å². The maximum atomic E-state index is 13.6. The molecule has 17 heavy (non-hydrogen) atoms. The number of benzene rings is 1. The maximum absolute atomic E-state index is 13.6. The Morgan fingerprint density at radius 1 is 1.41 bits per heavy atom. The molecule has 0 saturated carbocycles. The average Bonchev–Trinajstić information content (AvgIpc) is 2.28. The van der Waals surface area contributed by atoms with Gasteiger partial charge in [0.05, 0.1) is 0 Å². The molecule has 0 bridgehead atoms. The second-order valence-corrected chi connectivity index (χ2v) is 4.22. The molecule has 0 saturated heterocycles. The van der Waals surface area contributed by atoms with Crippen LogP contribution in [0.15, 0.2) is 24.3 Å². The van der Waals surface area contributed by atoms with E-state index in [1.165, 1.54) is 12.1 Å².